The van der Waals surface area contributed by atoms with Gasteiger partial charge < -0.3 is 14.9 Å². The molecule has 8 heteroatoms. The van der Waals surface area contributed by atoms with Crippen molar-refractivity contribution in [3.63, 3.8) is 0 Å². The van der Waals surface area contributed by atoms with Gasteiger partial charge in [0, 0.05) is 19.5 Å². The summed E-state index contributed by atoms with van der Waals surface area (Å²) in [6.07, 6.45) is 0.468. The molecule has 0 spiro atoms. The van der Waals surface area contributed by atoms with Gasteiger partial charge in [-0.3, -0.25) is 9.59 Å². The van der Waals surface area contributed by atoms with Crippen LogP contribution in [0.15, 0.2) is 24.3 Å². The molecule has 2 heterocycles. The van der Waals surface area contributed by atoms with Crippen LogP contribution in [0.3, 0.4) is 0 Å². The zero-order chi connectivity index (χ0) is 18.2. The van der Waals surface area contributed by atoms with E-state index in [9.17, 15) is 23.1 Å². The molecule has 7 nitrogen and oxygen atoms in total. The van der Waals surface area contributed by atoms with Gasteiger partial charge in [-0.25, -0.2) is 8.42 Å². The lowest BCUT2D eigenvalue weighted by molar-refractivity contribution is -0.144. The van der Waals surface area contributed by atoms with Crippen LogP contribution in [0.25, 0.3) is 0 Å². The number of nitrogens with zero attached hydrogens (tertiary/aromatic N) is 2. The van der Waals surface area contributed by atoms with E-state index >= 15 is 0 Å². The fourth-order valence-electron chi connectivity index (χ4n) is 3.67. The van der Waals surface area contributed by atoms with Crippen LogP contribution in [0.2, 0.25) is 0 Å². The summed E-state index contributed by atoms with van der Waals surface area (Å²) < 4.78 is 24.2. The molecule has 25 heavy (non-hydrogen) atoms. The van der Waals surface area contributed by atoms with Crippen molar-refractivity contribution < 1.29 is 23.1 Å². The highest BCUT2D eigenvalue weighted by molar-refractivity contribution is 7.91. The average molecular weight is 366 g/mol. The smallest absolute Gasteiger partial charge is 0.227 e. The molecular weight excluding hydrogens is 344 g/mol. The lowest BCUT2D eigenvalue weighted by Gasteiger charge is -2.44. The maximum absolute atomic E-state index is 12.7. The second-order valence-corrected chi connectivity index (χ2v) is 8.74. The third kappa shape index (κ3) is 3.63. The standard InChI is InChI=1S/C17H22N2O5S/c1-2-16(21)18-7-8-19(15-11-25(23,24)10-14(15)18)17(22)9-12-3-5-13(20)6-4-12/h3-6,14-15,20H,2,7-11H2,1H3/t14-,15+/m1/s1. The first-order valence-corrected chi connectivity index (χ1v) is 10.2. The van der Waals surface area contributed by atoms with Gasteiger partial charge in [0.1, 0.15) is 5.75 Å². The highest BCUT2D eigenvalue weighted by Crippen LogP contribution is 2.28. The Morgan fingerprint density at radius 3 is 2.08 bits per heavy atom. The normalized spacial score (nSPS) is 24.8. The van der Waals surface area contributed by atoms with Gasteiger partial charge >= 0.3 is 0 Å². The van der Waals surface area contributed by atoms with Crippen molar-refractivity contribution in [2.24, 2.45) is 0 Å². The topological polar surface area (TPSA) is 95.0 Å². The summed E-state index contributed by atoms with van der Waals surface area (Å²) >= 11 is 0. The van der Waals surface area contributed by atoms with Crippen molar-refractivity contribution >= 4 is 21.7 Å². The molecule has 0 aromatic heterocycles. The number of phenolic OH excluding ortho intramolecular Hbond substituents is 1. The molecule has 2 atom stereocenters. The fraction of sp³-hybridized carbons (Fsp3) is 0.529. The Kier molecular flexibility index (Phi) is 4.73. The first-order valence-electron chi connectivity index (χ1n) is 8.38. The predicted octanol–water partition coefficient (Wildman–Crippen LogP) is 0.181. The Morgan fingerprint density at radius 2 is 1.56 bits per heavy atom. The van der Waals surface area contributed by atoms with E-state index in [2.05, 4.69) is 0 Å². The van der Waals surface area contributed by atoms with Crippen molar-refractivity contribution in [2.75, 3.05) is 24.6 Å². The van der Waals surface area contributed by atoms with E-state index in [-0.39, 0.29) is 35.5 Å². The van der Waals surface area contributed by atoms with Gasteiger partial charge in [-0.15, -0.1) is 0 Å². The number of fused-ring (bicyclic) bond motifs is 1. The van der Waals surface area contributed by atoms with Crippen LogP contribution in [0.5, 0.6) is 5.75 Å². The van der Waals surface area contributed by atoms with E-state index in [1.165, 1.54) is 12.1 Å². The highest BCUT2D eigenvalue weighted by Gasteiger charge is 2.48. The first-order chi connectivity index (χ1) is 11.8. The summed E-state index contributed by atoms with van der Waals surface area (Å²) in [5, 5.41) is 9.33. The predicted molar refractivity (Wildman–Crippen MR) is 91.8 cm³/mol. The summed E-state index contributed by atoms with van der Waals surface area (Å²) in [7, 11) is -3.27. The van der Waals surface area contributed by atoms with Gasteiger partial charge in [0.05, 0.1) is 30.0 Å². The molecular formula is C17H22N2O5S. The minimum Gasteiger partial charge on any atom is -0.508 e. The zero-order valence-corrected chi connectivity index (χ0v) is 14.9. The maximum Gasteiger partial charge on any atom is 0.227 e. The molecule has 2 fully saturated rings. The van der Waals surface area contributed by atoms with Crippen molar-refractivity contribution in [1.82, 2.24) is 9.80 Å². The van der Waals surface area contributed by atoms with Crippen LogP contribution in [0.4, 0.5) is 0 Å². The first kappa shape index (κ1) is 17.7. The Balaban J connectivity index is 1.79. The van der Waals surface area contributed by atoms with Crippen molar-refractivity contribution in [3.05, 3.63) is 29.8 Å². The number of aromatic hydroxyl groups is 1. The van der Waals surface area contributed by atoms with Gasteiger partial charge in [0.2, 0.25) is 11.8 Å². The molecule has 0 saturated carbocycles. The summed E-state index contributed by atoms with van der Waals surface area (Å²) in [5.74, 6) is -0.261. The fourth-order valence-corrected chi connectivity index (χ4v) is 5.65. The van der Waals surface area contributed by atoms with Crippen LogP contribution in [-0.2, 0) is 25.8 Å². The zero-order valence-electron chi connectivity index (χ0n) is 14.1. The maximum atomic E-state index is 12.7. The van der Waals surface area contributed by atoms with Crippen LogP contribution in [0.1, 0.15) is 18.9 Å². The van der Waals surface area contributed by atoms with Crippen LogP contribution < -0.4 is 0 Å². The molecule has 0 radical (unpaired) electrons. The number of hydrogen-bond donors (Lipinski definition) is 1. The minimum atomic E-state index is -3.27. The largest absolute Gasteiger partial charge is 0.508 e. The average Bonchev–Trinajstić information content (AvgIpc) is 2.90. The molecule has 136 valence electrons. The number of piperazine rings is 1. The number of rotatable bonds is 3. The van der Waals surface area contributed by atoms with E-state index in [1.54, 1.807) is 28.9 Å². The lowest BCUT2D eigenvalue weighted by atomic mass is 10.0. The molecule has 0 unspecified atom stereocenters. The summed E-state index contributed by atoms with van der Waals surface area (Å²) in [6.45, 7) is 2.47. The van der Waals surface area contributed by atoms with Gasteiger partial charge in [-0.05, 0) is 17.7 Å². The minimum absolute atomic E-state index is 0.0715. The third-order valence-electron chi connectivity index (χ3n) is 4.91. The Hall–Kier alpha value is -2.09. The number of carbonyl (C=O) groups is 2. The van der Waals surface area contributed by atoms with E-state index in [1.807, 2.05) is 0 Å². The molecule has 0 bridgehead atoms. The monoisotopic (exact) mass is 366 g/mol. The Morgan fingerprint density at radius 1 is 1.04 bits per heavy atom. The number of amides is 2. The van der Waals surface area contributed by atoms with Gasteiger partial charge in [0.15, 0.2) is 9.84 Å². The quantitative estimate of drug-likeness (QED) is 0.823. The van der Waals surface area contributed by atoms with Gasteiger partial charge in [0.25, 0.3) is 0 Å². The van der Waals surface area contributed by atoms with Crippen LogP contribution in [-0.4, -0.2) is 71.8 Å². The molecule has 2 aliphatic heterocycles. The molecule has 3 rings (SSSR count). The van der Waals surface area contributed by atoms with Crippen LogP contribution >= 0.6 is 0 Å². The van der Waals surface area contributed by atoms with Crippen LogP contribution in [0, 0.1) is 0 Å². The highest BCUT2D eigenvalue weighted by atomic mass is 32.2. The van der Waals surface area contributed by atoms with Crippen molar-refractivity contribution in [1.29, 1.82) is 0 Å². The molecule has 1 aromatic carbocycles. The van der Waals surface area contributed by atoms with E-state index in [0.717, 1.165) is 5.56 Å². The molecule has 1 aromatic rings. The SMILES string of the molecule is CCC(=O)N1CCN(C(=O)Cc2ccc(O)cc2)[C@H]2CS(=O)(=O)C[C@H]21. The molecule has 2 saturated heterocycles. The summed E-state index contributed by atoms with van der Waals surface area (Å²) in [4.78, 5) is 28.1. The number of hydrogen-bond acceptors (Lipinski definition) is 5. The number of benzene rings is 1. The summed E-state index contributed by atoms with van der Waals surface area (Å²) in [5.41, 5.74) is 0.757. The second-order valence-electron chi connectivity index (χ2n) is 6.58. The molecule has 2 amide bonds. The van der Waals surface area contributed by atoms with Gasteiger partial charge in [-0.1, -0.05) is 19.1 Å². The third-order valence-corrected chi connectivity index (χ3v) is 6.61. The van der Waals surface area contributed by atoms with E-state index in [4.69, 9.17) is 0 Å². The Labute approximate surface area is 147 Å². The lowest BCUT2D eigenvalue weighted by Crippen LogP contribution is -2.62. The number of phenols is 1. The Bertz CT molecular complexity index is 775. The summed E-state index contributed by atoms with van der Waals surface area (Å²) in [6, 6.07) is 5.46. The molecule has 2 aliphatic rings. The molecule has 1 N–H and O–H groups in total. The second kappa shape index (κ2) is 6.67. The number of carbonyl (C=O) groups excluding carboxylic acids is 2. The van der Waals surface area contributed by atoms with E-state index < -0.39 is 21.9 Å². The van der Waals surface area contributed by atoms with Gasteiger partial charge in [-0.2, -0.15) is 0 Å². The van der Waals surface area contributed by atoms with E-state index in [0.29, 0.717) is 19.5 Å². The van der Waals surface area contributed by atoms with Crippen molar-refractivity contribution in [3.8, 4) is 5.75 Å². The number of sulfone groups is 1. The van der Waals surface area contributed by atoms with Crippen molar-refractivity contribution in [2.45, 2.75) is 31.8 Å². The molecule has 0 aliphatic carbocycles.